The van der Waals surface area contributed by atoms with Gasteiger partial charge in [-0.05, 0) is 30.9 Å². The molecule has 0 spiro atoms. The molecule has 3 rings (SSSR count). The number of aromatic nitrogens is 1. The summed E-state index contributed by atoms with van der Waals surface area (Å²) in [6.45, 7) is 0. The molecular formula is C13H13NOS. The number of hydrogen-bond donors (Lipinski definition) is 0. The van der Waals surface area contributed by atoms with Crippen LogP contribution in [0.15, 0.2) is 18.2 Å². The summed E-state index contributed by atoms with van der Waals surface area (Å²) in [5.41, 5.74) is 2.34. The molecule has 16 heavy (non-hydrogen) atoms. The van der Waals surface area contributed by atoms with Crippen LogP contribution in [-0.4, -0.2) is 11.3 Å². The molecule has 1 fully saturated rings. The zero-order chi connectivity index (χ0) is 11.0. The van der Waals surface area contributed by atoms with E-state index < -0.39 is 0 Å². The molecule has 1 heterocycles. The lowest BCUT2D eigenvalue weighted by molar-refractivity contribution is -0.107. The largest absolute Gasteiger partial charge is 0.303 e. The highest BCUT2D eigenvalue weighted by Gasteiger charge is 2.27. The predicted molar refractivity (Wildman–Crippen MR) is 66.0 cm³/mol. The molecule has 0 bridgehead atoms. The van der Waals surface area contributed by atoms with Crippen LogP contribution in [0.3, 0.4) is 0 Å². The van der Waals surface area contributed by atoms with Gasteiger partial charge in [-0.3, -0.25) is 0 Å². The van der Waals surface area contributed by atoms with Crippen LogP contribution in [0.2, 0.25) is 0 Å². The van der Waals surface area contributed by atoms with E-state index in [4.69, 9.17) is 4.98 Å². The number of fused-ring (bicyclic) bond motifs is 1. The maximum Gasteiger partial charge on any atom is 0.120 e. The molecule has 0 radical (unpaired) electrons. The van der Waals surface area contributed by atoms with E-state index in [-0.39, 0.29) is 0 Å². The van der Waals surface area contributed by atoms with Gasteiger partial charge in [-0.25, -0.2) is 4.98 Å². The second-order valence-electron chi connectivity index (χ2n) is 4.30. The minimum Gasteiger partial charge on any atom is -0.303 e. The number of benzene rings is 1. The Kier molecular flexibility index (Phi) is 2.48. The van der Waals surface area contributed by atoms with E-state index in [0.29, 0.717) is 6.42 Å². The van der Waals surface area contributed by atoms with Crippen LogP contribution in [0.25, 0.3) is 10.2 Å². The maximum atomic E-state index is 10.4. The summed E-state index contributed by atoms with van der Waals surface area (Å²) in [6, 6.07) is 6.28. The van der Waals surface area contributed by atoms with E-state index in [0.717, 1.165) is 24.1 Å². The molecule has 0 aliphatic heterocycles. The average molecular weight is 231 g/mol. The van der Waals surface area contributed by atoms with Crippen molar-refractivity contribution in [3.8, 4) is 0 Å². The molecule has 0 amide bonds. The Morgan fingerprint density at radius 3 is 3.06 bits per heavy atom. The van der Waals surface area contributed by atoms with Crippen LogP contribution in [-0.2, 0) is 11.2 Å². The van der Waals surface area contributed by atoms with Crippen molar-refractivity contribution < 1.29 is 4.79 Å². The Labute approximate surface area is 98.3 Å². The highest BCUT2D eigenvalue weighted by molar-refractivity contribution is 7.18. The number of carbonyl (C=O) groups excluding carboxylic acids is 1. The SMILES string of the molecule is O=CCCc1cccc2sc(C3CC3)nc12. The topological polar surface area (TPSA) is 30.0 Å². The molecule has 2 aromatic rings. The van der Waals surface area contributed by atoms with E-state index in [9.17, 15) is 4.79 Å². The van der Waals surface area contributed by atoms with Crippen LogP contribution in [0.4, 0.5) is 0 Å². The predicted octanol–water partition coefficient (Wildman–Crippen LogP) is 3.31. The Balaban J connectivity index is 2.02. The summed E-state index contributed by atoms with van der Waals surface area (Å²) in [7, 11) is 0. The van der Waals surface area contributed by atoms with Crippen LogP contribution < -0.4 is 0 Å². The van der Waals surface area contributed by atoms with Gasteiger partial charge in [0.15, 0.2) is 0 Å². The first-order chi connectivity index (χ1) is 7.88. The van der Waals surface area contributed by atoms with Gasteiger partial charge in [-0.1, -0.05) is 12.1 Å². The van der Waals surface area contributed by atoms with Gasteiger partial charge in [0.1, 0.15) is 6.29 Å². The number of nitrogens with zero attached hydrogens (tertiary/aromatic N) is 1. The van der Waals surface area contributed by atoms with Crippen LogP contribution in [0.1, 0.15) is 35.8 Å². The smallest absolute Gasteiger partial charge is 0.120 e. The Morgan fingerprint density at radius 1 is 1.44 bits per heavy atom. The third-order valence-electron chi connectivity index (χ3n) is 2.98. The Hall–Kier alpha value is -1.22. The molecule has 1 aliphatic rings. The van der Waals surface area contributed by atoms with Crippen molar-refractivity contribution in [2.45, 2.75) is 31.6 Å². The first kappa shape index (κ1) is 9.97. The normalized spacial score (nSPS) is 15.5. The number of thiazole rings is 1. The number of aryl methyl sites for hydroxylation is 1. The van der Waals surface area contributed by atoms with Gasteiger partial charge in [-0.2, -0.15) is 0 Å². The lowest BCUT2D eigenvalue weighted by atomic mass is 10.1. The summed E-state index contributed by atoms with van der Waals surface area (Å²) in [4.78, 5) is 15.2. The van der Waals surface area contributed by atoms with Crippen molar-refractivity contribution in [1.29, 1.82) is 0 Å². The lowest BCUT2D eigenvalue weighted by Gasteiger charge is -1.97. The number of rotatable bonds is 4. The van der Waals surface area contributed by atoms with Crippen LogP contribution >= 0.6 is 11.3 Å². The van der Waals surface area contributed by atoms with Gasteiger partial charge in [0.05, 0.1) is 15.2 Å². The molecule has 0 unspecified atom stereocenters. The second kappa shape index (κ2) is 3.98. The quantitative estimate of drug-likeness (QED) is 0.756. The molecule has 2 nitrogen and oxygen atoms in total. The molecule has 0 saturated heterocycles. The highest BCUT2D eigenvalue weighted by atomic mass is 32.1. The van der Waals surface area contributed by atoms with E-state index in [2.05, 4.69) is 18.2 Å². The fourth-order valence-electron chi connectivity index (χ4n) is 1.94. The summed E-state index contributed by atoms with van der Waals surface area (Å²) >= 11 is 1.82. The van der Waals surface area contributed by atoms with Crippen molar-refractivity contribution in [3.05, 3.63) is 28.8 Å². The van der Waals surface area contributed by atoms with Gasteiger partial charge in [0, 0.05) is 12.3 Å². The fourth-order valence-corrected chi connectivity index (χ4v) is 3.13. The highest BCUT2D eigenvalue weighted by Crippen LogP contribution is 2.43. The van der Waals surface area contributed by atoms with Crippen molar-refractivity contribution in [2.24, 2.45) is 0 Å². The zero-order valence-electron chi connectivity index (χ0n) is 8.98. The van der Waals surface area contributed by atoms with Crippen LogP contribution in [0.5, 0.6) is 0 Å². The molecule has 1 aliphatic carbocycles. The van der Waals surface area contributed by atoms with Gasteiger partial charge in [0.2, 0.25) is 0 Å². The van der Waals surface area contributed by atoms with E-state index in [1.807, 2.05) is 11.3 Å². The van der Waals surface area contributed by atoms with E-state index in [1.54, 1.807) is 0 Å². The van der Waals surface area contributed by atoms with Gasteiger partial charge in [-0.15, -0.1) is 11.3 Å². The minimum atomic E-state index is 0.593. The molecule has 1 aromatic carbocycles. The lowest BCUT2D eigenvalue weighted by Crippen LogP contribution is -1.88. The van der Waals surface area contributed by atoms with Crippen LogP contribution in [0, 0.1) is 0 Å². The molecule has 1 saturated carbocycles. The first-order valence-electron chi connectivity index (χ1n) is 5.70. The van der Waals surface area contributed by atoms with Gasteiger partial charge < -0.3 is 4.79 Å². The summed E-state index contributed by atoms with van der Waals surface area (Å²) < 4.78 is 1.27. The third-order valence-corrected chi connectivity index (χ3v) is 4.16. The number of carbonyl (C=O) groups is 1. The molecule has 0 N–H and O–H groups in total. The number of aldehydes is 1. The first-order valence-corrected chi connectivity index (χ1v) is 6.52. The summed E-state index contributed by atoms with van der Waals surface area (Å²) in [5.74, 6) is 0.719. The van der Waals surface area contributed by atoms with Gasteiger partial charge in [0.25, 0.3) is 0 Å². The number of para-hydroxylation sites is 1. The molecule has 3 heteroatoms. The molecule has 1 aromatic heterocycles. The van der Waals surface area contributed by atoms with Crippen molar-refractivity contribution in [2.75, 3.05) is 0 Å². The monoisotopic (exact) mass is 231 g/mol. The fraction of sp³-hybridized carbons (Fsp3) is 0.385. The molecule has 82 valence electrons. The summed E-state index contributed by atoms with van der Waals surface area (Å²) in [6.07, 6.45) is 4.98. The Bertz CT molecular complexity index is 528. The van der Waals surface area contributed by atoms with Crippen molar-refractivity contribution in [1.82, 2.24) is 4.98 Å². The maximum absolute atomic E-state index is 10.4. The minimum absolute atomic E-state index is 0.593. The van der Waals surface area contributed by atoms with Gasteiger partial charge >= 0.3 is 0 Å². The standard InChI is InChI=1S/C13H13NOS/c15-8-2-4-9-3-1-5-11-12(9)14-13(16-11)10-6-7-10/h1,3,5,8,10H,2,4,6-7H2. The van der Waals surface area contributed by atoms with E-state index >= 15 is 0 Å². The van der Waals surface area contributed by atoms with E-state index in [1.165, 1.54) is 28.1 Å². The van der Waals surface area contributed by atoms with Crippen molar-refractivity contribution >= 4 is 27.8 Å². The average Bonchev–Trinajstić information content (AvgIpc) is 3.06. The molecular weight excluding hydrogens is 218 g/mol. The zero-order valence-corrected chi connectivity index (χ0v) is 9.80. The second-order valence-corrected chi connectivity index (χ2v) is 5.36. The Morgan fingerprint density at radius 2 is 2.31 bits per heavy atom. The molecule has 0 atom stereocenters. The third kappa shape index (κ3) is 1.76. The van der Waals surface area contributed by atoms with Crippen molar-refractivity contribution in [3.63, 3.8) is 0 Å². The number of hydrogen-bond acceptors (Lipinski definition) is 3. The summed E-state index contributed by atoms with van der Waals surface area (Å²) in [5, 5.41) is 1.29.